The number of carbonyl (C=O) groups excluding carboxylic acids is 2. The molecule has 0 bridgehead atoms. The van der Waals surface area contributed by atoms with Crippen molar-refractivity contribution in [3.05, 3.63) is 23.8 Å². The Hall–Kier alpha value is -2.44. The SMILES string of the molecule is CC(C)(C)OC(=O)COc1cc(CNC(=O)OC(C)(C)C)ccc1N. The summed E-state index contributed by atoms with van der Waals surface area (Å²) in [6.45, 7) is 10.7. The number of carbonyl (C=O) groups is 2. The van der Waals surface area contributed by atoms with Crippen LogP contribution in [0.4, 0.5) is 10.5 Å². The highest BCUT2D eigenvalue weighted by Gasteiger charge is 2.18. The predicted octanol–water partition coefficient (Wildman–Crippen LogP) is 3.01. The van der Waals surface area contributed by atoms with Gasteiger partial charge < -0.3 is 25.3 Å². The molecule has 0 fully saturated rings. The number of hydrogen-bond donors (Lipinski definition) is 2. The molecule has 3 N–H and O–H groups in total. The molecule has 1 amide bonds. The first-order valence-corrected chi connectivity index (χ1v) is 8.05. The van der Waals surface area contributed by atoms with Crippen molar-refractivity contribution in [2.24, 2.45) is 0 Å². The monoisotopic (exact) mass is 352 g/mol. The number of alkyl carbamates (subject to hydrolysis) is 1. The number of rotatable bonds is 5. The van der Waals surface area contributed by atoms with Crippen LogP contribution in [0.5, 0.6) is 5.75 Å². The molecule has 1 rings (SSSR count). The number of nitrogens with one attached hydrogen (secondary N) is 1. The second-order valence-corrected chi connectivity index (χ2v) is 7.60. The summed E-state index contributed by atoms with van der Waals surface area (Å²) in [5, 5.41) is 2.65. The molecule has 7 nitrogen and oxygen atoms in total. The zero-order chi connectivity index (χ0) is 19.3. The minimum absolute atomic E-state index is 0.246. The summed E-state index contributed by atoms with van der Waals surface area (Å²) in [6, 6.07) is 5.07. The van der Waals surface area contributed by atoms with E-state index >= 15 is 0 Å². The van der Waals surface area contributed by atoms with Crippen LogP contribution in [0.15, 0.2) is 18.2 Å². The third-order valence-electron chi connectivity index (χ3n) is 2.68. The van der Waals surface area contributed by atoms with Crippen LogP contribution >= 0.6 is 0 Å². The molecule has 0 unspecified atom stereocenters. The van der Waals surface area contributed by atoms with Crippen LogP contribution < -0.4 is 15.8 Å². The van der Waals surface area contributed by atoms with E-state index in [9.17, 15) is 9.59 Å². The van der Waals surface area contributed by atoms with Crippen molar-refractivity contribution in [2.45, 2.75) is 59.3 Å². The van der Waals surface area contributed by atoms with Crippen molar-refractivity contribution < 1.29 is 23.8 Å². The van der Waals surface area contributed by atoms with Crippen LogP contribution in [0.1, 0.15) is 47.1 Å². The predicted molar refractivity (Wildman–Crippen MR) is 95.3 cm³/mol. The van der Waals surface area contributed by atoms with Gasteiger partial charge in [-0.25, -0.2) is 9.59 Å². The number of nitrogens with two attached hydrogens (primary N) is 1. The molecule has 0 radical (unpaired) electrons. The van der Waals surface area contributed by atoms with Crippen molar-refractivity contribution in [1.82, 2.24) is 5.32 Å². The van der Waals surface area contributed by atoms with E-state index in [2.05, 4.69) is 5.32 Å². The van der Waals surface area contributed by atoms with Gasteiger partial charge in [0.15, 0.2) is 6.61 Å². The number of anilines is 1. The first-order chi connectivity index (χ1) is 11.4. The topological polar surface area (TPSA) is 99.9 Å². The number of ether oxygens (including phenoxy) is 3. The third-order valence-corrected chi connectivity index (χ3v) is 2.68. The fourth-order valence-electron chi connectivity index (χ4n) is 1.81. The van der Waals surface area contributed by atoms with Crippen LogP contribution in [-0.4, -0.2) is 29.9 Å². The van der Waals surface area contributed by atoms with Gasteiger partial charge in [-0.1, -0.05) is 6.07 Å². The van der Waals surface area contributed by atoms with E-state index in [-0.39, 0.29) is 13.2 Å². The Bertz CT molecular complexity index is 615. The number of hydrogen-bond acceptors (Lipinski definition) is 6. The number of amides is 1. The zero-order valence-corrected chi connectivity index (χ0v) is 15.8. The fourth-order valence-corrected chi connectivity index (χ4v) is 1.81. The summed E-state index contributed by atoms with van der Waals surface area (Å²) in [5.74, 6) is -0.126. The number of nitrogen functional groups attached to an aromatic ring is 1. The van der Waals surface area contributed by atoms with Gasteiger partial charge in [0.05, 0.1) is 5.69 Å². The smallest absolute Gasteiger partial charge is 0.407 e. The maximum atomic E-state index is 11.7. The van der Waals surface area contributed by atoms with E-state index < -0.39 is 23.3 Å². The van der Waals surface area contributed by atoms with Crippen LogP contribution in [0.25, 0.3) is 0 Å². The molecule has 0 aliphatic carbocycles. The average Bonchev–Trinajstić information content (AvgIpc) is 2.41. The lowest BCUT2D eigenvalue weighted by atomic mass is 10.2. The van der Waals surface area contributed by atoms with E-state index in [0.717, 1.165) is 5.56 Å². The van der Waals surface area contributed by atoms with E-state index in [1.54, 1.807) is 59.7 Å². The van der Waals surface area contributed by atoms with Crippen LogP contribution in [0.2, 0.25) is 0 Å². The highest BCUT2D eigenvalue weighted by Crippen LogP contribution is 2.23. The summed E-state index contributed by atoms with van der Waals surface area (Å²) >= 11 is 0. The van der Waals surface area contributed by atoms with Crippen LogP contribution in [0.3, 0.4) is 0 Å². The van der Waals surface area contributed by atoms with Crippen molar-refractivity contribution in [2.75, 3.05) is 12.3 Å². The second kappa shape index (κ2) is 8.09. The van der Waals surface area contributed by atoms with Gasteiger partial charge in [-0.3, -0.25) is 0 Å². The molecule has 7 heteroatoms. The lowest BCUT2D eigenvalue weighted by molar-refractivity contribution is -0.157. The second-order valence-electron chi connectivity index (χ2n) is 7.60. The maximum Gasteiger partial charge on any atom is 0.407 e. The molecule has 0 heterocycles. The Morgan fingerprint density at radius 1 is 1.04 bits per heavy atom. The lowest BCUT2D eigenvalue weighted by Crippen LogP contribution is -2.32. The van der Waals surface area contributed by atoms with Gasteiger partial charge in [0.2, 0.25) is 0 Å². The molecular weight excluding hydrogens is 324 g/mol. The van der Waals surface area contributed by atoms with E-state index in [4.69, 9.17) is 19.9 Å². The normalized spacial score (nSPS) is 11.6. The molecule has 0 atom stereocenters. The first-order valence-electron chi connectivity index (χ1n) is 8.05. The van der Waals surface area contributed by atoms with Gasteiger partial charge in [0.1, 0.15) is 17.0 Å². The molecule has 0 saturated heterocycles. The molecule has 0 aliphatic rings. The van der Waals surface area contributed by atoms with Crippen molar-refractivity contribution in [3.63, 3.8) is 0 Å². The summed E-state index contributed by atoms with van der Waals surface area (Å²) < 4.78 is 15.8. The van der Waals surface area contributed by atoms with E-state index in [1.165, 1.54) is 0 Å². The van der Waals surface area contributed by atoms with Crippen LogP contribution in [-0.2, 0) is 20.8 Å². The van der Waals surface area contributed by atoms with Gasteiger partial charge in [-0.2, -0.15) is 0 Å². The van der Waals surface area contributed by atoms with Crippen LogP contribution in [0, 0.1) is 0 Å². The maximum absolute atomic E-state index is 11.7. The van der Waals surface area contributed by atoms with Gasteiger partial charge in [-0.05, 0) is 59.2 Å². The molecule has 0 aliphatic heterocycles. The van der Waals surface area contributed by atoms with Crippen molar-refractivity contribution >= 4 is 17.7 Å². The summed E-state index contributed by atoms with van der Waals surface area (Å²) in [7, 11) is 0. The average molecular weight is 352 g/mol. The highest BCUT2D eigenvalue weighted by atomic mass is 16.6. The molecule has 140 valence electrons. The largest absolute Gasteiger partial charge is 0.480 e. The highest BCUT2D eigenvalue weighted by molar-refractivity contribution is 5.72. The van der Waals surface area contributed by atoms with E-state index in [1.807, 2.05) is 0 Å². The minimum Gasteiger partial charge on any atom is -0.480 e. The lowest BCUT2D eigenvalue weighted by Gasteiger charge is -2.20. The van der Waals surface area contributed by atoms with E-state index in [0.29, 0.717) is 11.4 Å². The van der Waals surface area contributed by atoms with Crippen molar-refractivity contribution in [1.29, 1.82) is 0 Å². The molecule has 0 saturated carbocycles. The van der Waals surface area contributed by atoms with Gasteiger partial charge >= 0.3 is 12.1 Å². The first kappa shape index (κ1) is 20.6. The Morgan fingerprint density at radius 2 is 1.64 bits per heavy atom. The molecule has 1 aromatic carbocycles. The Balaban J connectivity index is 2.61. The Morgan fingerprint density at radius 3 is 2.20 bits per heavy atom. The van der Waals surface area contributed by atoms with Gasteiger partial charge in [0, 0.05) is 6.54 Å². The Labute approximate surface area is 148 Å². The molecule has 0 aromatic heterocycles. The number of benzene rings is 1. The summed E-state index contributed by atoms with van der Waals surface area (Å²) in [5.41, 5.74) is 5.87. The number of esters is 1. The summed E-state index contributed by atoms with van der Waals surface area (Å²) in [4.78, 5) is 23.4. The van der Waals surface area contributed by atoms with Gasteiger partial charge in [-0.15, -0.1) is 0 Å². The Kier molecular flexibility index (Phi) is 6.67. The summed E-state index contributed by atoms with van der Waals surface area (Å²) in [6.07, 6.45) is -0.513. The van der Waals surface area contributed by atoms with Crippen molar-refractivity contribution in [3.8, 4) is 5.75 Å². The fraction of sp³-hybridized carbons (Fsp3) is 0.556. The molecule has 25 heavy (non-hydrogen) atoms. The van der Waals surface area contributed by atoms with Gasteiger partial charge in [0.25, 0.3) is 0 Å². The zero-order valence-electron chi connectivity index (χ0n) is 15.8. The third kappa shape index (κ3) is 8.83. The molecular formula is C18H28N2O5. The quantitative estimate of drug-likeness (QED) is 0.624. The molecule has 0 spiro atoms. The minimum atomic E-state index is -0.578. The molecule has 1 aromatic rings. The standard InChI is InChI=1S/C18H28N2O5/c1-17(2,3)24-15(21)11-23-14-9-12(7-8-13(14)19)10-20-16(22)25-18(4,5)6/h7-9H,10-11,19H2,1-6H3,(H,20,22).